The number of ether oxygens (including phenoxy) is 2. The van der Waals surface area contributed by atoms with Crippen LogP contribution in [0.4, 0.5) is 10.5 Å². The summed E-state index contributed by atoms with van der Waals surface area (Å²) in [5, 5.41) is 2.89. The number of nitrogens with zero attached hydrogens (tertiary/aromatic N) is 3. The van der Waals surface area contributed by atoms with Crippen LogP contribution in [0.3, 0.4) is 0 Å². The molecule has 0 atom stereocenters. The number of hydrogen-bond acceptors (Lipinski definition) is 6. The van der Waals surface area contributed by atoms with Gasteiger partial charge in [-0.25, -0.2) is 4.79 Å². The lowest BCUT2D eigenvalue weighted by molar-refractivity contribution is -0.125. The third-order valence-electron chi connectivity index (χ3n) is 5.37. The highest BCUT2D eigenvalue weighted by Crippen LogP contribution is 2.31. The van der Waals surface area contributed by atoms with Crippen LogP contribution in [0.15, 0.2) is 24.3 Å². The maximum absolute atomic E-state index is 12.6. The zero-order valence-corrected chi connectivity index (χ0v) is 19.3. The van der Waals surface area contributed by atoms with Crippen LogP contribution >= 0.6 is 0 Å². The van der Waals surface area contributed by atoms with Crippen molar-refractivity contribution in [1.82, 2.24) is 15.1 Å². The van der Waals surface area contributed by atoms with Crippen LogP contribution in [0.25, 0.3) is 0 Å². The molecule has 0 saturated carbocycles. The lowest BCUT2D eigenvalue weighted by Crippen LogP contribution is -2.51. The summed E-state index contributed by atoms with van der Waals surface area (Å²) in [6.07, 6.45) is 0.0393. The summed E-state index contributed by atoms with van der Waals surface area (Å²) in [7, 11) is 0. The highest BCUT2D eigenvalue weighted by Gasteiger charge is 2.26. The summed E-state index contributed by atoms with van der Waals surface area (Å²) >= 11 is 0. The fraction of sp³-hybridized carbons (Fsp3) is 0.609. The molecule has 176 valence electrons. The summed E-state index contributed by atoms with van der Waals surface area (Å²) in [6.45, 7) is 10.4. The number of carbonyl (C=O) groups excluding carboxylic acids is 3. The van der Waals surface area contributed by atoms with Crippen LogP contribution in [-0.4, -0.2) is 85.7 Å². The molecule has 2 heterocycles. The van der Waals surface area contributed by atoms with E-state index in [9.17, 15) is 14.4 Å². The molecule has 2 aliphatic rings. The Morgan fingerprint density at radius 3 is 2.47 bits per heavy atom. The van der Waals surface area contributed by atoms with E-state index < -0.39 is 5.60 Å². The fourth-order valence-corrected chi connectivity index (χ4v) is 3.71. The van der Waals surface area contributed by atoms with E-state index in [1.807, 2.05) is 45.0 Å². The molecule has 1 aromatic carbocycles. The van der Waals surface area contributed by atoms with E-state index in [4.69, 9.17) is 9.47 Å². The van der Waals surface area contributed by atoms with Crippen molar-refractivity contribution in [3.63, 3.8) is 0 Å². The molecule has 0 aliphatic carbocycles. The molecule has 0 spiro atoms. The molecular formula is C23H34N4O5. The van der Waals surface area contributed by atoms with Crippen LogP contribution in [0.2, 0.25) is 0 Å². The monoisotopic (exact) mass is 446 g/mol. The SMILES string of the molecule is CC(C)(C)OC(=O)N1CCN(CCNC(=O)CCC(=O)N2CCOc3ccccc32)CC1. The predicted molar refractivity (Wildman–Crippen MR) is 121 cm³/mol. The van der Waals surface area contributed by atoms with Gasteiger partial charge in [0.05, 0.1) is 12.2 Å². The van der Waals surface area contributed by atoms with Gasteiger partial charge in [0, 0.05) is 52.1 Å². The molecule has 3 amide bonds. The minimum Gasteiger partial charge on any atom is -0.490 e. The molecule has 0 bridgehead atoms. The van der Waals surface area contributed by atoms with Crippen molar-refractivity contribution in [2.24, 2.45) is 0 Å². The quantitative estimate of drug-likeness (QED) is 0.717. The number of fused-ring (bicyclic) bond motifs is 1. The summed E-state index contributed by atoms with van der Waals surface area (Å²) in [6, 6.07) is 7.44. The van der Waals surface area contributed by atoms with E-state index in [-0.39, 0.29) is 30.7 Å². The number of para-hydroxylation sites is 2. The fourth-order valence-electron chi connectivity index (χ4n) is 3.71. The van der Waals surface area contributed by atoms with Gasteiger partial charge in [-0.3, -0.25) is 14.5 Å². The van der Waals surface area contributed by atoms with Gasteiger partial charge in [-0.1, -0.05) is 12.1 Å². The van der Waals surface area contributed by atoms with Crippen LogP contribution in [0.1, 0.15) is 33.6 Å². The Kier molecular flexibility index (Phi) is 7.95. The molecule has 32 heavy (non-hydrogen) atoms. The number of nitrogens with one attached hydrogen (secondary N) is 1. The number of benzene rings is 1. The molecule has 9 heteroatoms. The highest BCUT2D eigenvalue weighted by molar-refractivity contribution is 5.97. The minimum atomic E-state index is -0.495. The molecule has 1 N–H and O–H groups in total. The summed E-state index contributed by atoms with van der Waals surface area (Å²) in [4.78, 5) is 42.5. The van der Waals surface area contributed by atoms with Crippen LogP contribution < -0.4 is 15.0 Å². The maximum atomic E-state index is 12.6. The Labute approximate surface area is 189 Å². The van der Waals surface area contributed by atoms with Crippen molar-refractivity contribution in [1.29, 1.82) is 0 Å². The Morgan fingerprint density at radius 2 is 1.75 bits per heavy atom. The van der Waals surface area contributed by atoms with Gasteiger partial charge in [0.2, 0.25) is 11.8 Å². The number of anilines is 1. The summed E-state index contributed by atoms with van der Waals surface area (Å²) in [5.41, 5.74) is 0.264. The van der Waals surface area contributed by atoms with Gasteiger partial charge >= 0.3 is 6.09 Å². The van der Waals surface area contributed by atoms with E-state index in [2.05, 4.69) is 10.2 Å². The first-order chi connectivity index (χ1) is 15.2. The van der Waals surface area contributed by atoms with Gasteiger partial charge in [0.1, 0.15) is 18.0 Å². The normalized spacial score (nSPS) is 16.7. The van der Waals surface area contributed by atoms with Crippen molar-refractivity contribution in [3.8, 4) is 5.75 Å². The van der Waals surface area contributed by atoms with Gasteiger partial charge < -0.3 is 24.6 Å². The highest BCUT2D eigenvalue weighted by atomic mass is 16.6. The third kappa shape index (κ3) is 6.85. The van der Waals surface area contributed by atoms with E-state index in [0.29, 0.717) is 45.1 Å². The zero-order valence-electron chi connectivity index (χ0n) is 19.3. The van der Waals surface area contributed by atoms with E-state index in [1.165, 1.54) is 0 Å². The molecule has 0 aromatic heterocycles. The third-order valence-corrected chi connectivity index (χ3v) is 5.37. The number of hydrogen-bond donors (Lipinski definition) is 1. The van der Waals surface area contributed by atoms with Crippen molar-refractivity contribution < 1.29 is 23.9 Å². The van der Waals surface area contributed by atoms with E-state index >= 15 is 0 Å². The standard InChI is InChI=1S/C23H34N4O5/c1-23(2,3)32-22(30)26-14-12-25(13-15-26)11-10-24-20(28)8-9-21(29)27-16-17-31-19-7-5-4-6-18(19)27/h4-7H,8-17H2,1-3H3,(H,24,28). The minimum absolute atomic E-state index is 0.0748. The van der Waals surface area contributed by atoms with Crippen LogP contribution in [-0.2, 0) is 14.3 Å². The molecule has 2 aliphatic heterocycles. The molecular weight excluding hydrogens is 412 g/mol. The number of carbonyl (C=O) groups is 3. The van der Waals surface area contributed by atoms with Gasteiger partial charge in [0.25, 0.3) is 0 Å². The average Bonchev–Trinajstić information content (AvgIpc) is 2.76. The lowest BCUT2D eigenvalue weighted by Gasteiger charge is -2.35. The average molecular weight is 447 g/mol. The van der Waals surface area contributed by atoms with Gasteiger partial charge in [-0.15, -0.1) is 0 Å². The largest absolute Gasteiger partial charge is 0.490 e. The molecule has 1 aromatic rings. The second-order valence-electron chi connectivity index (χ2n) is 9.02. The molecule has 0 unspecified atom stereocenters. The number of rotatable bonds is 6. The van der Waals surface area contributed by atoms with E-state index in [0.717, 1.165) is 18.8 Å². The molecule has 3 rings (SSSR count). The lowest BCUT2D eigenvalue weighted by atomic mass is 10.2. The van der Waals surface area contributed by atoms with Crippen LogP contribution in [0, 0.1) is 0 Å². The smallest absolute Gasteiger partial charge is 0.410 e. The summed E-state index contributed by atoms with van der Waals surface area (Å²) in [5.74, 6) is 0.491. The van der Waals surface area contributed by atoms with Gasteiger partial charge in [-0.2, -0.15) is 0 Å². The van der Waals surface area contributed by atoms with Crippen LogP contribution in [0.5, 0.6) is 5.75 Å². The molecule has 1 fully saturated rings. The zero-order chi connectivity index (χ0) is 23.1. The maximum Gasteiger partial charge on any atom is 0.410 e. The first-order valence-corrected chi connectivity index (χ1v) is 11.2. The molecule has 1 saturated heterocycles. The van der Waals surface area contributed by atoms with E-state index in [1.54, 1.807) is 9.80 Å². The Bertz CT molecular complexity index is 815. The second-order valence-corrected chi connectivity index (χ2v) is 9.02. The topological polar surface area (TPSA) is 91.4 Å². The number of piperazine rings is 1. The Hall–Kier alpha value is -2.81. The van der Waals surface area contributed by atoms with Crippen molar-refractivity contribution in [3.05, 3.63) is 24.3 Å². The van der Waals surface area contributed by atoms with Crippen molar-refractivity contribution >= 4 is 23.6 Å². The van der Waals surface area contributed by atoms with Gasteiger partial charge in [-0.05, 0) is 32.9 Å². The van der Waals surface area contributed by atoms with Crippen molar-refractivity contribution in [2.75, 3.05) is 57.3 Å². The second kappa shape index (κ2) is 10.7. The van der Waals surface area contributed by atoms with Gasteiger partial charge in [0.15, 0.2) is 0 Å². The molecule has 0 radical (unpaired) electrons. The Balaban J connectivity index is 1.32. The Morgan fingerprint density at radius 1 is 1.03 bits per heavy atom. The first-order valence-electron chi connectivity index (χ1n) is 11.2. The van der Waals surface area contributed by atoms with Crippen molar-refractivity contribution in [2.45, 2.75) is 39.2 Å². The number of amides is 3. The summed E-state index contributed by atoms with van der Waals surface area (Å²) < 4.78 is 11.0. The first kappa shape index (κ1) is 23.8. The molecule has 9 nitrogen and oxygen atoms in total. The predicted octanol–water partition coefficient (Wildman–Crippen LogP) is 1.86.